The Morgan fingerprint density at radius 1 is 0.875 bits per heavy atom. The molecule has 0 aromatic heterocycles. The van der Waals surface area contributed by atoms with Crippen molar-refractivity contribution in [1.82, 2.24) is 0 Å². The van der Waals surface area contributed by atoms with E-state index in [1.54, 1.807) is 0 Å². The molecule has 0 fully saturated rings. The van der Waals surface area contributed by atoms with Crippen LogP contribution in [0.1, 0.15) is 65.5 Å². The fourth-order valence-electron chi connectivity index (χ4n) is 4.37. The highest BCUT2D eigenvalue weighted by Crippen LogP contribution is 2.36. The highest BCUT2D eigenvalue weighted by Gasteiger charge is 2.26. The minimum absolute atomic E-state index is 0.0103. The molecule has 0 saturated heterocycles. The number of hydrogen-bond donors (Lipinski definition) is 0. The van der Waals surface area contributed by atoms with Crippen LogP contribution >= 0.6 is 0 Å². The minimum Gasteiger partial charge on any atom is -0.207 e. The van der Waals surface area contributed by atoms with Crippen molar-refractivity contribution >= 4 is 0 Å². The predicted molar refractivity (Wildman–Crippen MR) is 119 cm³/mol. The Hall–Kier alpha value is -3.06. The molecule has 0 amide bonds. The van der Waals surface area contributed by atoms with Crippen LogP contribution < -0.4 is 0 Å². The summed E-state index contributed by atoms with van der Waals surface area (Å²) < 4.78 is 56.7. The van der Waals surface area contributed by atoms with Gasteiger partial charge in [-0.2, -0.15) is 0 Å². The van der Waals surface area contributed by atoms with Gasteiger partial charge in [-0.3, -0.25) is 0 Å². The standard InChI is InChI=1S/C28H24F4/c1-2-3-5-19-15-25(30)27(26(31)16-19)23-13-12-21-14-18(9-11-22(21)17-23)8-10-20-6-4-7-24(29)28(20)32/h4,6-7,9,11,14-16,23H,2-3,5,12-13,17H2,1H3. The Morgan fingerprint density at radius 3 is 2.41 bits per heavy atom. The zero-order chi connectivity index (χ0) is 22.7. The smallest absolute Gasteiger partial charge is 0.174 e. The molecule has 1 aliphatic carbocycles. The number of benzene rings is 3. The van der Waals surface area contributed by atoms with E-state index in [1.165, 1.54) is 24.3 Å². The SMILES string of the molecule is CCCCc1cc(F)c(C2CCc3cc(C#Cc4cccc(F)c4F)ccc3C2)c(F)c1. The van der Waals surface area contributed by atoms with E-state index < -0.39 is 23.3 Å². The lowest BCUT2D eigenvalue weighted by atomic mass is 9.79. The van der Waals surface area contributed by atoms with Gasteiger partial charge in [0.05, 0.1) is 5.56 Å². The van der Waals surface area contributed by atoms with Gasteiger partial charge < -0.3 is 0 Å². The van der Waals surface area contributed by atoms with E-state index in [0.717, 1.165) is 30.0 Å². The van der Waals surface area contributed by atoms with E-state index in [4.69, 9.17) is 0 Å². The molecule has 3 aromatic rings. The molecule has 1 aliphatic rings. The monoisotopic (exact) mass is 436 g/mol. The Bertz CT molecular complexity index is 1180. The number of rotatable bonds is 4. The third kappa shape index (κ3) is 4.72. The molecule has 0 aliphatic heterocycles. The molecule has 3 aromatic carbocycles. The summed E-state index contributed by atoms with van der Waals surface area (Å²) in [7, 11) is 0. The lowest BCUT2D eigenvalue weighted by Gasteiger charge is -2.26. The fourth-order valence-corrected chi connectivity index (χ4v) is 4.37. The molecule has 0 saturated carbocycles. The number of unbranched alkanes of at least 4 members (excludes halogenated alkanes) is 1. The van der Waals surface area contributed by atoms with Gasteiger partial charge in [0.25, 0.3) is 0 Å². The topological polar surface area (TPSA) is 0 Å². The van der Waals surface area contributed by atoms with Gasteiger partial charge >= 0.3 is 0 Å². The summed E-state index contributed by atoms with van der Waals surface area (Å²) in [5.74, 6) is 2.57. The first kappa shape index (κ1) is 22.1. The first-order valence-corrected chi connectivity index (χ1v) is 11.0. The molecule has 32 heavy (non-hydrogen) atoms. The van der Waals surface area contributed by atoms with Crippen LogP contribution in [0.15, 0.2) is 48.5 Å². The molecule has 4 heteroatoms. The van der Waals surface area contributed by atoms with Gasteiger partial charge in [-0.15, -0.1) is 0 Å². The molecule has 0 nitrogen and oxygen atoms in total. The number of aryl methyl sites for hydroxylation is 2. The summed E-state index contributed by atoms with van der Waals surface area (Å²) in [5, 5.41) is 0. The van der Waals surface area contributed by atoms with Crippen LogP contribution in [0.3, 0.4) is 0 Å². The molecule has 4 rings (SSSR count). The van der Waals surface area contributed by atoms with E-state index in [2.05, 4.69) is 18.8 Å². The zero-order valence-corrected chi connectivity index (χ0v) is 18.0. The Labute approximate surface area is 186 Å². The summed E-state index contributed by atoms with van der Waals surface area (Å²) in [6.45, 7) is 2.05. The van der Waals surface area contributed by atoms with Gasteiger partial charge in [0.2, 0.25) is 0 Å². The van der Waals surface area contributed by atoms with Crippen LogP contribution in [0.4, 0.5) is 17.6 Å². The minimum atomic E-state index is -0.953. The Kier molecular flexibility index (Phi) is 6.65. The van der Waals surface area contributed by atoms with Crippen LogP contribution in [0.25, 0.3) is 0 Å². The molecule has 1 unspecified atom stereocenters. The average molecular weight is 436 g/mol. The van der Waals surface area contributed by atoms with E-state index in [9.17, 15) is 17.6 Å². The highest BCUT2D eigenvalue weighted by molar-refractivity contribution is 5.47. The molecule has 0 spiro atoms. The molecule has 0 heterocycles. The van der Waals surface area contributed by atoms with Crippen molar-refractivity contribution < 1.29 is 17.6 Å². The van der Waals surface area contributed by atoms with Gasteiger partial charge in [-0.1, -0.05) is 37.3 Å². The molecule has 0 N–H and O–H groups in total. The second-order valence-corrected chi connectivity index (χ2v) is 8.35. The second kappa shape index (κ2) is 9.61. The van der Waals surface area contributed by atoms with E-state index in [1.807, 2.05) is 18.2 Å². The van der Waals surface area contributed by atoms with E-state index in [0.29, 0.717) is 36.8 Å². The van der Waals surface area contributed by atoms with Crippen molar-refractivity contribution in [1.29, 1.82) is 0 Å². The van der Waals surface area contributed by atoms with Crippen LogP contribution in [-0.2, 0) is 19.3 Å². The van der Waals surface area contributed by atoms with Gasteiger partial charge in [0.1, 0.15) is 11.6 Å². The summed E-state index contributed by atoms with van der Waals surface area (Å²) in [6.07, 6.45) is 4.45. The highest BCUT2D eigenvalue weighted by atomic mass is 19.2. The molecule has 0 bridgehead atoms. The van der Waals surface area contributed by atoms with Crippen molar-refractivity contribution in [2.24, 2.45) is 0 Å². The quantitative estimate of drug-likeness (QED) is 0.298. The first-order chi connectivity index (χ1) is 15.5. The largest absolute Gasteiger partial charge is 0.207 e. The van der Waals surface area contributed by atoms with Crippen LogP contribution in [0.2, 0.25) is 0 Å². The molecule has 1 atom stereocenters. The Balaban J connectivity index is 1.54. The summed E-state index contributed by atoms with van der Waals surface area (Å²) in [6, 6.07) is 12.5. The van der Waals surface area contributed by atoms with Crippen LogP contribution in [-0.4, -0.2) is 0 Å². The lowest BCUT2D eigenvalue weighted by Crippen LogP contribution is -2.16. The maximum Gasteiger partial charge on any atom is 0.174 e. The van der Waals surface area contributed by atoms with Crippen molar-refractivity contribution in [3.63, 3.8) is 0 Å². The first-order valence-electron chi connectivity index (χ1n) is 11.0. The number of fused-ring (bicyclic) bond motifs is 1. The van der Waals surface area contributed by atoms with Crippen molar-refractivity contribution in [3.05, 3.63) is 105 Å². The zero-order valence-electron chi connectivity index (χ0n) is 18.0. The third-order valence-electron chi connectivity index (χ3n) is 6.09. The number of halogens is 4. The van der Waals surface area contributed by atoms with Gasteiger partial charge in [0, 0.05) is 11.1 Å². The van der Waals surface area contributed by atoms with Gasteiger partial charge in [-0.05, 0) is 91.1 Å². The molecular formula is C28H24F4. The predicted octanol–water partition coefficient (Wildman–Crippen LogP) is 7.26. The van der Waals surface area contributed by atoms with Crippen molar-refractivity contribution in [3.8, 4) is 11.8 Å². The van der Waals surface area contributed by atoms with E-state index >= 15 is 0 Å². The molecule has 0 radical (unpaired) electrons. The van der Waals surface area contributed by atoms with Crippen molar-refractivity contribution in [2.75, 3.05) is 0 Å². The Morgan fingerprint density at radius 2 is 1.66 bits per heavy atom. The van der Waals surface area contributed by atoms with Crippen molar-refractivity contribution in [2.45, 2.75) is 51.4 Å². The van der Waals surface area contributed by atoms with Crippen LogP contribution in [0.5, 0.6) is 0 Å². The molecular weight excluding hydrogens is 412 g/mol. The molecule has 164 valence electrons. The maximum atomic E-state index is 14.8. The van der Waals surface area contributed by atoms with Gasteiger partial charge in [0.15, 0.2) is 11.6 Å². The lowest BCUT2D eigenvalue weighted by molar-refractivity contribution is 0.489. The number of hydrogen-bond acceptors (Lipinski definition) is 0. The second-order valence-electron chi connectivity index (χ2n) is 8.35. The van der Waals surface area contributed by atoms with E-state index in [-0.39, 0.29) is 17.0 Å². The fraction of sp³-hybridized carbons (Fsp3) is 0.286. The average Bonchev–Trinajstić information content (AvgIpc) is 2.78. The van der Waals surface area contributed by atoms with Crippen LogP contribution in [0, 0.1) is 35.1 Å². The van der Waals surface area contributed by atoms with Gasteiger partial charge in [-0.25, -0.2) is 17.6 Å². The third-order valence-corrected chi connectivity index (χ3v) is 6.09. The summed E-state index contributed by atoms with van der Waals surface area (Å²) in [4.78, 5) is 0. The summed E-state index contributed by atoms with van der Waals surface area (Å²) >= 11 is 0. The maximum absolute atomic E-state index is 14.8. The normalized spacial score (nSPS) is 15.1. The summed E-state index contributed by atoms with van der Waals surface area (Å²) in [5.41, 5.74) is 3.71.